The first-order chi connectivity index (χ1) is 6.70. The minimum absolute atomic E-state index is 0.0195. The maximum absolute atomic E-state index is 10.9. The molecule has 1 saturated heterocycles. The zero-order chi connectivity index (χ0) is 10.1. The Morgan fingerprint density at radius 1 is 1.71 bits per heavy atom. The predicted molar refractivity (Wildman–Crippen MR) is 52.9 cm³/mol. The van der Waals surface area contributed by atoms with Crippen molar-refractivity contribution in [1.82, 2.24) is 5.16 Å². The van der Waals surface area contributed by atoms with E-state index in [9.17, 15) is 4.79 Å². The van der Waals surface area contributed by atoms with E-state index >= 15 is 0 Å². The number of hydrogen-bond acceptors (Lipinski definition) is 4. The van der Waals surface area contributed by atoms with Crippen LogP contribution in [-0.2, 0) is 0 Å². The van der Waals surface area contributed by atoms with Crippen LogP contribution < -0.4 is 0 Å². The Balaban J connectivity index is 2.37. The summed E-state index contributed by atoms with van der Waals surface area (Å²) in [6.45, 7) is 0. The Morgan fingerprint density at radius 3 is 3.07 bits per heavy atom. The number of aromatic nitrogens is 1. The fraction of sp³-hybridized carbons (Fsp3) is 0.500. The third kappa shape index (κ3) is 1.62. The van der Waals surface area contributed by atoms with E-state index in [-0.39, 0.29) is 16.0 Å². The molecule has 2 rings (SSSR count). The van der Waals surface area contributed by atoms with Gasteiger partial charge < -0.3 is 9.63 Å². The van der Waals surface area contributed by atoms with Crippen LogP contribution in [0.1, 0.15) is 34.2 Å². The van der Waals surface area contributed by atoms with E-state index in [0.717, 1.165) is 18.6 Å². The van der Waals surface area contributed by atoms with Crippen molar-refractivity contribution in [2.75, 3.05) is 5.75 Å². The van der Waals surface area contributed by atoms with Crippen molar-refractivity contribution >= 4 is 29.3 Å². The first-order valence-corrected chi connectivity index (χ1v) is 5.63. The summed E-state index contributed by atoms with van der Waals surface area (Å²) in [5.74, 6) is 0.367. The molecule has 76 valence electrons. The summed E-state index contributed by atoms with van der Waals surface area (Å²) in [6, 6.07) is 0. The summed E-state index contributed by atoms with van der Waals surface area (Å²) in [6.07, 6.45) is 2.00. The summed E-state index contributed by atoms with van der Waals surface area (Å²) >= 11 is 7.31. The standard InChI is InChI=1S/C8H8ClNO3S/c9-7-5(8(11)12)6(13-10-7)4-2-1-3-14-4/h4H,1-3H2,(H,11,12). The van der Waals surface area contributed by atoms with Gasteiger partial charge in [0.05, 0.1) is 5.25 Å². The summed E-state index contributed by atoms with van der Waals surface area (Å²) in [7, 11) is 0. The highest BCUT2D eigenvalue weighted by Crippen LogP contribution is 2.42. The molecule has 1 unspecified atom stereocenters. The van der Waals surface area contributed by atoms with Gasteiger partial charge in [-0.15, -0.1) is 0 Å². The predicted octanol–water partition coefficient (Wildman–Crippen LogP) is 2.59. The smallest absolute Gasteiger partial charge is 0.342 e. The average Bonchev–Trinajstić information content (AvgIpc) is 2.70. The fourth-order valence-corrected chi connectivity index (χ4v) is 2.95. The molecule has 1 aromatic heterocycles. The fourth-order valence-electron chi connectivity index (χ4n) is 1.48. The van der Waals surface area contributed by atoms with Crippen molar-refractivity contribution in [1.29, 1.82) is 0 Å². The minimum Gasteiger partial charge on any atom is -0.477 e. The first kappa shape index (κ1) is 9.86. The van der Waals surface area contributed by atoms with Gasteiger partial charge in [-0.05, 0) is 18.6 Å². The van der Waals surface area contributed by atoms with Gasteiger partial charge in [-0.3, -0.25) is 0 Å². The third-order valence-electron chi connectivity index (χ3n) is 2.11. The van der Waals surface area contributed by atoms with Crippen LogP contribution in [-0.4, -0.2) is 22.0 Å². The van der Waals surface area contributed by atoms with Gasteiger partial charge in [-0.1, -0.05) is 16.8 Å². The number of carboxylic acids is 1. The number of halogens is 1. The molecule has 0 saturated carbocycles. The molecule has 0 bridgehead atoms. The van der Waals surface area contributed by atoms with Gasteiger partial charge in [-0.2, -0.15) is 11.8 Å². The lowest BCUT2D eigenvalue weighted by Crippen LogP contribution is -2.01. The van der Waals surface area contributed by atoms with Crippen molar-refractivity contribution in [2.24, 2.45) is 0 Å². The molecule has 1 atom stereocenters. The molecule has 1 aliphatic heterocycles. The quantitative estimate of drug-likeness (QED) is 0.851. The molecule has 1 aromatic rings. The van der Waals surface area contributed by atoms with Gasteiger partial charge in [0.2, 0.25) is 0 Å². The second-order valence-electron chi connectivity index (χ2n) is 3.02. The molecule has 2 heterocycles. The second kappa shape index (κ2) is 3.82. The van der Waals surface area contributed by atoms with Gasteiger partial charge >= 0.3 is 5.97 Å². The van der Waals surface area contributed by atoms with E-state index in [1.807, 2.05) is 0 Å². The highest BCUT2D eigenvalue weighted by Gasteiger charge is 2.30. The minimum atomic E-state index is -1.07. The average molecular weight is 234 g/mol. The number of aromatic carboxylic acids is 1. The van der Waals surface area contributed by atoms with E-state index in [2.05, 4.69) is 5.16 Å². The van der Waals surface area contributed by atoms with Crippen LogP contribution in [0.5, 0.6) is 0 Å². The summed E-state index contributed by atoms with van der Waals surface area (Å²) in [4.78, 5) is 10.9. The van der Waals surface area contributed by atoms with Crippen molar-refractivity contribution in [3.05, 3.63) is 16.5 Å². The van der Waals surface area contributed by atoms with Gasteiger partial charge in [-0.25, -0.2) is 4.79 Å². The largest absolute Gasteiger partial charge is 0.477 e. The van der Waals surface area contributed by atoms with E-state index in [1.54, 1.807) is 11.8 Å². The first-order valence-electron chi connectivity index (χ1n) is 4.20. The normalized spacial score (nSPS) is 21.4. The lowest BCUT2D eigenvalue weighted by Gasteiger charge is -2.03. The lowest BCUT2D eigenvalue weighted by molar-refractivity contribution is 0.0694. The highest BCUT2D eigenvalue weighted by molar-refractivity contribution is 7.99. The van der Waals surface area contributed by atoms with E-state index in [4.69, 9.17) is 21.2 Å². The molecule has 0 aliphatic carbocycles. The van der Waals surface area contributed by atoms with Crippen molar-refractivity contribution in [2.45, 2.75) is 18.1 Å². The molecule has 0 spiro atoms. The van der Waals surface area contributed by atoms with Crippen molar-refractivity contribution in [3.63, 3.8) is 0 Å². The monoisotopic (exact) mass is 233 g/mol. The molecule has 1 N–H and O–H groups in total. The summed E-state index contributed by atoms with van der Waals surface area (Å²) in [5, 5.41) is 12.4. The zero-order valence-electron chi connectivity index (χ0n) is 7.20. The molecular formula is C8H8ClNO3S. The second-order valence-corrected chi connectivity index (χ2v) is 4.69. The Hall–Kier alpha value is -0.680. The van der Waals surface area contributed by atoms with E-state index in [1.165, 1.54) is 0 Å². The summed E-state index contributed by atoms with van der Waals surface area (Å²) in [5.41, 5.74) is 0.0195. The van der Waals surface area contributed by atoms with Crippen LogP contribution >= 0.6 is 23.4 Å². The molecule has 0 amide bonds. The Bertz CT molecular complexity index is 359. The van der Waals surface area contributed by atoms with E-state index < -0.39 is 5.97 Å². The van der Waals surface area contributed by atoms with Gasteiger partial charge in [0.25, 0.3) is 0 Å². The maximum Gasteiger partial charge on any atom is 0.342 e. The van der Waals surface area contributed by atoms with Crippen LogP contribution in [0.2, 0.25) is 5.15 Å². The number of carboxylic acid groups (broad SMARTS) is 1. The lowest BCUT2D eigenvalue weighted by atomic mass is 10.1. The van der Waals surface area contributed by atoms with Gasteiger partial charge in [0, 0.05) is 0 Å². The molecule has 0 radical (unpaired) electrons. The number of nitrogens with zero attached hydrogens (tertiary/aromatic N) is 1. The SMILES string of the molecule is O=C(O)c1c(Cl)noc1C1CCCS1. The van der Waals surface area contributed by atoms with Crippen LogP contribution in [0.15, 0.2) is 4.52 Å². The molecular weight excluding hydrogens is 226 g/mol. The summed E-state index contributed by atoms with van der Waals surface area (Å²) < 4.78 is 4.96. The Labute approximate surface area is 89.6 Å². The molecule has 14 heavy (non-hydrogen) atoms. The number of thioether (sulfide) groups is 1. The third-order valence-corrected chi connectivity index (χ3v) is 3.75. The van der Waals surface area contributed by atoms with Gasteiger partial charge in [0.1, 0.15) is 5.56 Å². The molecule has 1 aliphatic rings. The Kier molecular flexibility index (Phi) is 2.69. The molecule has 4 nitrogen and oxygen atoms in total. The number of rotatable bonds is 2. The molecule has 0 aromatic carbocycles. The number of hydrogen-bond donors (Lipinski definition) is 1. The van der Waals surface area contributed by atoms with Crippen molar-refractivity contribution in [3.8, 4) is 0 Å². The number of carbonyl (C=O) groups is 1. The zero-order valence-corrected chi connectivity index (χ0v) is 8.77. The van der Waals surface area contributed by atoms with Crippen molar-refractivity contribution < 1.29 is 14.4 Å². The van der Waals surface area contributed by atoms with Crippen LogP contribution in [0, 0.1) is 0 Å². The van der Waals surface area contributed by atoms with Gasteiger partial charge in [0.15, 0.2) is 10.9 Å². The van der Waals surface area contributed by atoms with Crippen LogP contribution in [0.4, 0.5) is 0 Å². The topological polar surface area (TPSA) is 63.3 Å². The van der Waals surface area contributed by atoms with Crippen LogP contribution in [0.25, 0.3) is 0 Å². The van der Waals surface area contributed by atoms with E-state index in [0.29, 0.717) is 5.76 Å². The van der Waals surface area contributed by atoms with Crippen LogP contribution in [0.3, 0.4) is 0 Å². The highest BCUT2D eigenvalue weighted by atomic mass is 35.5. The molecule has 1 fully saturated rings. The Morgan fingerprint density at radius 2 is 2.50 bits per heavy atom. The molecule has 6 heteroatoms. The maximum atomic E-state index is 10.9.